The highest BCUT2D eigenvalue weighted by Crippen LogP contribution is 2.56. The first-order valence-electron chi connectivity index (χ1n) is 12.1. The summed E-state index contributed by atoms with van der Waals surface area (Å²) >= 11 is 6.64. The lowest BCUT2D eigenvalue weighted by Gasteiger charge is -2.17. The van der Waals surface area contributed by atoms with E-state index in [1.54, 1.807) is 49.0 Å². The Bertz CT molecular complexity index is 1690. The van der Waals surface area contributed by atoms with E-state index in [1.807, 2.05) is 26.0 Å². The molecule has 1 aromatic carbocycles. The minimum absolute atomic E-state index is 0.0871. The minimum atomic E-state index is -1.22. The Balaban J connectivity index is 1.54. The maximum absolute atomic E-state index is 14.5. The van der Waals surface area contributed by atoms with Gasteiger partial charge in [-0.15, -0.1) is 0 Å². The van der Waals surface area contributed by atoms with Gasteiger partial charge in [-0.25, -0.2) is 14.4 Å². The predicted molar refractivity (Wildman–Crippen MR) is 142 cm³/mol. The van der Waals surface area contributed by atoms with Crippen molar-refractivity contribution in [2.75, 3.05) is 0 Å². The molecule has 38 heavy (non-hydrogen) atoms. The summed E-state index contributed by atoms with van der Waals surface area (Å²) in [6, 6.07) is 11.7. The molecule has 0 unspecified atom stereocenters. The van der Waals surface area contributed by atoms with Crippen LogP contribution in [0.15, 0.2) is 53.6 Å². The van der Waals surface area contributed by atoms with E-state index in [0.717, 1.165) is 5.56 Å². The van der Waals surface area contributed by atoms with Crippen molar-refractivity contribution < 1.29 is 9.50 Å². The highest BCUT2D eigenvalue weighted by atomic mass is 35.5. The maximum Gasteiger partial charge on any atom is 0.274 e. The van der Waals surface area contributed by atoms with Gasteiger partial charge in [0.1, 0.15) is 16.4 Å². The summed E-state index contributed by atoms with van der Waals surface area (Å²) in [4.78, 5) is 26.7. The molecule has 3 aromatic heterocycles. The zero-order chi connectivity index (χ0) is 27.4. The van der Waals surface area contributed by atoms with Gasteiger partial charge in [-0.1, -0.05) is 11.6 Å². The van der Waals surface area contributed by atoms with Crippen molar-refractivity contribution in [2.45, 2.75) is 51.6 Å². The fraction of sp³-hybridized carbons (Fsp3) is 0.276. The van der Waals surface area contributed by atoms with Crippen LogP contribution in [0.1, 0.15) is 65.9 Å². The van der Waals surface area contributed by atoms with Crippen molar-refractivity contribution in [3.63, 3.8) is 0 Å². The Hall–Kier alpha value is -3.93. The molecule has 0 bridgehead atoms. The molecule has 7 nitrogen and oxygen atoms in total. The van der Waals surface area contributed by atoms with Crippen LogP contribution < -0.4 is 5.56 Å². The standard InChI is InChI=1S/C29H25ClFN5O2/c1-15-14-34-24(23-7-8-33-28(35-23)29(3,4)38)12-25(15)36-16(2)9-21(26(30)27(36)37)19-11-18(19)20-10-17(13-32)5-6-22(20)31/h5-10,12,14,18-19,38H,11H2,1-4H3/t18-,19-/m0/s1. The van der Waals surface area contributed by atoms with Crippen molar-refractivity contribution >= 4 is 11.6 Å². The van der Waals surface area contributed by atoms with Crippen molar-refractivity contribution in [1.29, 1.82) is 5.26 Å². The first kappa shape index (κ1) is 25.7. The summed E-state index contributed by atoms with van der Waals surface area (Å²) in [5.74, 6) is -0.361. The minimum Gasteiger partial charge on any atom is -0.382 e. The Morgan fingerprint density at radius 2 is 1.84 bits per heavy atom. The van der Waals surface area contributed by atoms with Crippen LogP contribution in [0.4, 0.5) is 4.39 Å². The molecule has 5 rings (SSSR count). The third kappa shape index (κ3) is 4.60. The molecule has 0 saturated heterocycles. The van der Waals surface area contributed by atoms with E-state index >= 15 is 0 Å². The van der Waals surface area contributed by atoms with Gasteiger partial charge in [-0.05, 0) is 99.0 Å². The molecule has 0 amide bonds. The average molecular weight is 530 g/mol. The summed E-state index contributed by atoms with van der Waals surface area (Å²) in [6.07, 6.45) is 3.86. The molecule has 1 fully saturated rings. The number of halogens is 2. The number of nitrogens with zero attached hydrogens (tertiary/aromatic N) is 5. The van der Waals surface area contributed by atoms with Crippen LogP contribution in [0.25, 0.3) is 17.1 Å². The molecular weight excluding hydrogens is 505 g/mol. The molecule has 1 N–H and O–H groups in total. The van der Waals surface area contributed by atoms with Crippen LogP contribution >= 0.6 is 11.6 Å². The molecule has 1 aliphatic rings. The monoisotopic (exact) mass is 529 g/mol. The first-order valence-corrected chi connectivity index (χ1v) is 12.5. The zero-order valence-corrected chi connectivity index (χ0v) is 22.1. The van der Waals surface area contributed by atoms with Gasteiger partial charge in [0.15, 0.2) is 5.82 Å². The zero-order valence-electron chi connectivity index (χ0n) is 21.3. The van der Waals surface area contributed by atoms with Crippen molar-refractivity contribution in [2.24, 2.45) is 0 Å². The van der Waals surface area contributed by atoms with E-state index in [4.69, 9.17) is 11.6 Å². The lowest BCUT2D eigenvalue weighted by molar-refractivity contribution is 0.0688. The lowest BCUT2D eigenvalue weighted by Crippen LogP contribution is -2.23. The molecule has 0 spiro atoms. The van der Waals surface area contributed by atoms with Gasteiger partial charge in [0, 0.05) is 18.1 Å². The summed E-state index contributed by atoms with van der Waals surface area (Å²) in [7, 11) is 0. The van der Waals surface area contributed by atoms with Crippen LogP contribution in [0, 0.1) is 31.0 Å². The fourth-order valence-electron chi connectivity index (χ4n) is 4.77. The quantitative estimate of drug-likeness (QED) is 0.367. The second-order valence-corrected chi connectivity index (χ2v) is 10.6. The number of aliphatic hydroxyl groups is 1. The van der Waals surface area contributed by atoms with Crippen molar-refractivity contribution in [1.82, 2.24) is 19.5 Å². The highest BCUT2D eigenvalue weighted by Gasteiger charge is 2.43. The van der Waals surface area contributed by atoms with Gasteiger partial charge >= 0.3 is 0 Å². The van der Waals surface area contributed by atoms with Gasteiger partial charge in [-0.3, -0.25) is 14.3 Å². The van der Waals surface area contributed by atoms with Crippen LogP contribution in [0.3, 0.4) is 0 Å². The van der Waals surface area contributed by atoms with Crippen LogP contribution in [-0.4, -0.2) is 24.6 Å². The molecule has 2 atom stereocenters. The number of pyridine rings is 2. The number of nitriles is 1. The summed E-state index contributed by atoms with van der Waals surface area (Å²) in [6.45, 7) is 6.88. The lowest BCUT2D eigenvalue weighted by atomic mass is 10.0. The van der Waals surface area contributed by atoms with Gasteiger partial charge in [-0.2, -0.15) is 5.26 Å². The molecule has 0 radical (unpaired) electrons. The largest absolute Gasteiger partial charge is 0.382 e. The molecule has 192 valence electrons. The van der Waals surface area contributed by atoms with E-state index in [2.05, 4.69) is 15.0 Å². The summed E-state index contributed by atoms with van der Waals surface area (Å²) < 4.78 is 16.0. The van der Waals surface area contributed by atoms with Gasteiger partial charge < -0.3 is 5.11 Å². The number of benzene rings is 1. The summed E-state index contributed by atoms with van der Waals surface area (Å²) in [5.41, 5.74) is 3.01. The Morgan fingerprint density at radius 1 is 1.11 bits per heavy atom. The van der Waals surface area contributed by atoms with Gasteiger partial charge in [0.2, 0.25) is 0 Å². The van der Waals surface area contributed by atoms with Crippen LogP contribution in [-0.2, 0) is 5.60 Å². The van der Waals surface area contributed by atoms with E-state index in [0.29, 0.717) is 45.9 Å². The molecule has 3 heterocycles. The maximum atomic E-state index is 14.5. The summed E-state index contributed by atoms with van der Waals surface area (Å²) in [5, 5.41) is 19.6. The van der Waals surface area contributed by atoms with E-state index in [9.17, 15) is 19.6 Å². The number of rotatable bonds is 5. The highest BCUT2D eigenvalue weighted by molar-refractivity contribution is 6.31. The second-order valence-electron chi connectivity index (χ2n) is 10.2. The Morgan fingerprint density at radius 3 is 2.55 bits per heavy atom. The molecule has 4 aromatic rings. The topological polar surface area (TPSA) is 105 Å². The second kappa shape index (κ2) is 9.43. The average Bonchev–Trinajstić information content (AvgIpc) is 3.67. The van der Waals surface area contributed by atoms with Crippen molar-refractivity contribution in [3.8, 4) is 23.1 Å². The van der Waals surface area contributed by atoms with Crippen molar-refractivity contribution in [3.05, 3.63) is 104 Å². The SMILES string of the molecule is Cc1cnc(-c2ccnc(C(C)(C)O)n2)cc1-n1c(C)cc([C@H]2C[C@@H]2c2cc(C#N)ccc2F)c(Cl)c1=O. The molecule has 1 aliphatic carbocycles. The van der Waals surface area contributed by atoms with Gasteiger partial charge in [0.05, 0.1) is 28.7 Å². The number of aromatic nitrogens is 4. The van der Waals surface area contributed by atoms with Crippen LogP contribution in [0.5, 0.6) is 0 Å². The molecule has 9 heteroatoms. The smallest absolute Gasteiger partial charge is 0.274 e. The third-order valence-electron chi connectivity index (χ3n) is 6.86. The third-order valence-corrected chi connectivity index (χ3v) is 7.24. The number of aryl methyl sites for hydroxylation is 2. The molecule has 0 aliphatic heterocycles. The van der Waals surface area contributed by atoms with E-state index < -0.39 is 5.60 Å². The predicted octanol–water partition coefficient (Wildman–Crippen LogP) is 5.47. The van der Waals surface area contributed by atoms with Crippen LogP contribution in [0.2, 0.25) is 5.02 Å². The Kier molecular flexibility index (Phi) is 6.38. The van der Waals surface area contributed by atoms with E-state index in [-0.39, 0.29) is 34.1 Å². The molecule has 1 saturated carbocycles. The van der Waals surface area contributed by atoms with Gasteiger partial charge in [0.25, 0.3) is 5.56 Å². The number of hydrogen-bond donors (Lipinski definition) is 1. The Labute approximate surface area is 224 Å². The molecular formula is C29H25ClFN5O2. The normalized spacial score (nSPS) is 16.8. The fourth-order valence-corrected chi connectivity index (χ4v) is 5.05. The van der Waals surface area contributed by atoms with E-state index in [1.165, 1.54) is 12.1 Å². The first-order chi connectivity index (χ1) is 18.0. The number of hydrogen-bond acceptors (Lipinski definition) is 6.